The molecule has 0 aromatic heterocycles. The Morgan fingerprint density at radius 3 is 2.65 bits per heavy atom. The van der Waals surface area contributed by atoms with E-state index in [4.69, 9.17) is 9.47 Å². The molecule has 1 fully saturated rings. The third-order valence-corrected chi connectivity index (χ3v) is 3.50. The number of carbonyl (C=O) groups is 1. The SMILES string of the molecule is CC(C)(C)OC(=O)N1[C@H](C=NCc2ccccc2)COC1(C)C. The van der Waals surface area contributed by atoms with Gasteiger partial charge in [-0.15, -0.1) is 0 Å². The quantitative estimate of drug-likeness (QED) is 0.800. The predicted octanol–water partition coefficient (Wildman–Crippen LogP) is 3.63. The van der Waals surface area contributed by atoms with E-state index in [1.165, 1.54) is 0 Å². The molecule has 126 valence electrons. The molecule has 2 rings (SSSR count). The molecular formula is C18H26N2O3. The van der Waals surface area contributed by atoms with Crippen molar-refractivity contribution in [2.45, 2.75) is 58.5 Å². The number of hydrogen-bond acceptors (Lipinski definition) is 4. The van der Waals surface area contributed by atoms with Crippen LogP contribution in [0.4, 0.5) is 4.79 Å². The number of benzene rings is 1. The number of nitrogens with zero attached hydrogens (tertiary/aromatic N) is 2. The van der Waals surface area contributed by atoms with E-state index in [1.807, 2.05) is 65.0 Å². The fourth-order valence-electron chi connectivity index (χ4n) is 2.47. The predicted molar refractivity (Wildman–Crippen MR) is 90.5 cm³/mol. The Morgan fingerprint density at radius 2 is 2.04 bits per heavy atom. The van der Waals surface area contributed by atoms with Crippen LogP contribution in [0.2, 0.25) is 0 Å². The zero-order valence-corrected chi connectivity index (χ0v) is 14.6. The van der Waals surface area contributed by atoms with Gasteiger partial charge < -0.3 is 9.47 Å². The minimum absolute atomic E-state index is 0.219. The van der Waals surface area contributed by atoms with Crippen LogP contribution in [0.25, 0.3) is 0 Å². The van der Waals surface area contributed by atoms with E-state index in [2.05, 4.69) is 4.99 Å². The molecule has 23 heavy (non-hydrogen) atoms. The maximum absolute atomic E-state index is 12.5. The fourth-order valence-corrected chi connectivity index (χ4v) is 2.47. The van der Waals surface area contributed by atoms with Crippen molar-refractivity contribution in [2.75, 3.05) is 6.61 Å². The van der Waals surface area contributed by atoms with Crippen molar-refractivity contribution in [1.82, 2.24) is 4.90 Å². The molecule has 1 aliphatic rings. The second-order valence-electron chi connectivity index (χ2n) is 7.15. The molecular weight excluding hydrogens is 292 g/mol. The number of amides is 1. The summed E-state index contributed by atoms with van der Waals surface area (Å²) in [6.45, 7) is 10.3. The van der Waals surface area contributed by atoms with Crippen LogP contribution in [-0.2, 0) is 16.0 Å². The van der Waals surface area contributed by atoms with Crippen molar-refractivity contribution in [3.05, 3.63) is 35.9 Å². The lowest BCUT2D eigenvalue weighted by atomic mass is 10.2. The third-order valence-electron chi connectivity index (χ3n) is 3.50. The molecule has 0 spiro atoms. The van der Waals surface area contributed by atoms with E-state index < -0.39 is 11.3 Å². The summed E-state index contributed by atoms with van der Waals surface area (Å²) in [6, 6.07) is 9.78. The van der Waals surface area contributed by atoms with Gasteiger partial charge in [0.2, 0.25) is 0 Å². The molecule has 1 heterocycles. The van der Waals surface area contributed by atoms with Gasteiger partial charge in [0, 0.05) is 6.21 Å². The topological polar surface area (TPSA) is 51.1 Å². The summed E-state index contributed by atoms with van der Waals surface area (Å²) in [5, 5.41) is 0. The zero-order valence-electron chi connectivity index (χ0n) is 14.6. The van der Waals surface area contributed by atoms with Crippen LogP contribution in [0.15, 0.2) is 35.3 Å². The van der Waals surface area contributed by atoms with Crippen molar-refractivity contribution < 1.29 is 14.3 Å². The van der Waals surface area contributed by atoms with Gasteiger partial charge >= 0.3 is 6.09 Å². The number of rotatable bonds is 3. The second-order valence-corrected chi connectivity index (χ2v) is 7.15. The van der Waals surface area contributed by atoms with E-state index in [1.54, 1.807) is 11.1 Å². The van der Waals surface area contributed by atoms with Crippen LogP contribution in [0, 0.1) is 0 Å². The van der Waals surface area contributed by atoms with Gasteiger partial charge in [-0.3, -0.25) is 9.89 Å². The van der Waals surface area contributed by atoms with E-state index in [-0.39, 0.29) is 12.1 Å². The van der Waals surface area contributed by atoms with E-state index in [9.17, 15) is 4.79 Å². The lowest BCUT2D eigenvalue weighted by molar-refractivity contribution is -0.0604. The van der Waals surface area contributed by atoms with Crippen LogP contribution in [0.3, 0.4) is 0 Å². The van der Waals surface area contributed by atoms with Crippen molar-refractivity contribution in [3.63, 3.8) is 0 Å². The number of aliphatic imine (C=N–C) groups is 1. The van der Waals surface area contributed by atoms with Crippen LogP contribution in [0.1, 0.15) is 40.2 Å². The Kier molecular flexibility index (Phi) is 5.09. The molecule has 1 aliphatic heterocycles. The first-order valence-electron chi connectivity index (χ1n) is 7.89. The van der Waals surface area contributed by atoms with Gasteiger partial charge in [-0.2, -0.15) is 0 Å². The first kappa shape index (κ1) is 17.5. The van der Waals surface area contributed by atoms with Crippen LogP contribution in [-0.4, -0.2) is 41.2 Å². The Bertz CT molecular complexity index is 561. The molecule has 0 N–H and O–H groups in total. The highest BCUT2D eigenvalue weighted by atomic mass is 16.6. The summed E-state index contributed by atoms with van der Waals surface area (Å²) >= 11 is 0. The highest BCUT2D eigenvalue weighted by Crippen LogP contribution is 2.28. The van der Waals surface area contributed by atoms with Gasteiger partial charge in [0.05, 0.1) is 19.2 Å². The number of hydrogen-bond donors (Lipinski definition) is 0. The number of ether oxygens (including phenoxy) is 2. The minimum Gasteiger partial charge on any atom is -0.444 e. The van der Waals surface area contributed by atoms with Gasteiger partial charge in [-0.1, -0.05) is 30.3 Å². The zero-order chi connectivity index (χ0) is 17.1. The van der Waals surface area contributed by atoms with E-state index >= 15 is 0 Å². The van der Waals surface area contributed by atoms with Gasteiger partial charge in [-0.25, -0.2) is 4.79 Å². The van der Waals surface area contributed by atoms with Crippen molar-refractivity contribution in [2.24, 2.45) is 4.99 Å². The van der Waals surface area contributed by atoms with E-state index in [0.717, 1.165) is 5.56 Å². The first-order chi connectivity index (χ1) is 10.7. The average Bonchev–Trinajstić information content (AvgIpc) is 2.73. The molecule has 0 saturated carbocycles. The van der Waals surface area contributed by atoms with Gasteiger partial charge in [0.15, 0.2) is 0 Å². The highest BCUT2D eigenvalue weighted by Gasteiger charge is 2.45. The number of carbonyl (C=O) groups excluding carboxylic acids is 1. The molecule has 1 atom stereocenters. The summed E-state index contributed by atoms with van der Waals surface area (Å²) in [7, 11) is 0. The third kappa shape index (κ3) is 4.79. The van der Waals surface area contributed by atoms with Gasteiger partial charge in [0.1, 0.15) is 11.3 Å². The smallest absolute Gasteiger partial charge is 0.413 e. The lowest BCUT2D eigenvalue weighted by Crippen LogP contribution is -2.50. The Morgan fingerprint density at radius 1 is 1.39 bits per heavy atom. The maximum Gasteiger partial charge on any atom is 0.413 e. The maximum atomic E-state index is 12.5. The van der Waals surface area contributed by atoms with Crippen molar-refractivity contribution in [1.29, 1.82) is 0 Å². The molecule has 5 heteroatoms. The van der Waals surface area contributed by atoms with Gasteiger partial charge in [0.25, 0.3) is 0 Å². The summed E-state index contributed by atoms with van der Waals surface area (Å²) < 4.78 is 11.2. The fraction of sp³-hybridized carbons (Fsp3) is 0.556. The van der Waals surface area contributed by atoms with Crippen molar-refractivity contribution >= 4 is 12.3 Å². The monoisotopic (exact) mass is 318 g/mol. The molecule has 5 nitrogen and oxygen atoms in total. The molecule has 0 radical (unpaired) electrons. The summed E-state index contributed by atoms with van der Waals surface area (Å²) in [5.41, 5.74) is -0.112. The van der Waals surface area contributed by atoms with Crippen molar-refractivity contribution in [3.8, 4) is 0 Å². The van der Waals surface area contributed by atoms with Crippen LogP contribution < -0.4 is 0 Å². The standard InChI is InChI=1S/C18H26N2O3/c1-17(2,3)23-16(21)20-15(13-22-18(20,4)5)12-19-11-14-9-7-6-8-10-14/h6-10,12,15H,11,13H2,1-5H3/t15-/m1/s1. The summed E-state index contributed by atoms with van der Waals surface area (Å²) in [4.78, 5) is 18.6. The molecule has 0 aliphatic carbocycles. The lowest BCUT2D eigenvalue weighted by Gasteiger charge is -2.34. The second kappa shape index (κ2) is 6.71. The molecule has 0 unspecified atom stereocenters. The van der Waals surface area contributed by atoms with E-state index in [0.29, 0.717) is 13.2 Å². The average molecular weight is 318 g/mol. The Balaban J connectivity index is 2.06. The molecule has 1 amide bonds. The molecule has 1 aromatic carbocycles. The highest BCUT2D eigenvalue weighted by molar-refractivity contribution is 5.77. The van der Waals surface area contributed by atoms with Gasteiger partial charge in [-0.05, 0) is 40.2 Å². The Labute approximate surface area is 138 Å². The first-order valence-corrected chi connectivity index (χ1v) is 7.89. The summed E-state index contributed by atoms with van der Waals surface area (Å²) in [6.07, 6.45) is 1.40. The van der Waals surface area contributed by atoms with Crippen LogP contribution in [0.5, 0.6) is 0 Å². The minimum atomic E-state index is -0.703. The molecule has 1 saturated heterocycles. The summed E-state index contributed by atoms with van der Waals surface area (Å²) in [5.74, 6) is 0. The van der Waals surface area contributed by atoms with Crippen LogP contribution >= 0.6 is 0 Å². The Hall–Kier alpha value is -1.88. The molecule has 1 aromatic rings. The largest absolute Gasteiger partial charge is 0.444 e. The normalized spacial score (nSPS) is 20.9. The molecule has 0 bridgehead atoms.